The molecule has 1 aliphatic rings. The van der Waals surface area contributed by atoms with E-state index in [1.165, 1.54) is 16.9 Å². The van der Waals surface area contributed by atoms with Gasteiger partial charge in [0.2, 0.25) is 0 Å². The van der Waals surface area contributed by atoms with Gasteiger partial charge in [0.1, 0.15) is 0 Å². The summed E-state index contributed by atoms with van der Waals surface area (Å²) in [5.74, 6) is 0.0726. The quantitative estimate of drug-likeness (QED) is 0.850. The minimum absolute atomic E-state index is 0.0726. The van der Waals surface area contributed by atoms with Crippen LogP contribution in [0, 0.1) is 0 Å². The molecule has 3 nitrogen and oxygen atoms in total. The lowest BCUT2D eigenvalue weighted by Crippen LogP contribution is -2.38. The van der Waals surface area contributed by atoms with Gasteiger partial charge in [0.15, 0.2) is 0 Å². The molecule has 1 aromatic carbocycles. The van der Waals surface area contributed by atoms with Crippen molar-refractivity contribution >= 4 is 28.8 Å². The van der Waals surface area contributed by atoms with Crippen molar-refractivity contribution in [3.8, 4) is 0 Å². The molecule has 0 spiro atoms. The van der Waals surface area contributed by atoms with E-state index in [1.54, 1.807) is 11.4 Å². The predicted octanol–water partition coefficient (Wildman–Crippen LogP) is 3.75. The van der Waals surface area contributed by atoms with Gasteiger partial charge in [-0.2, -0.15) is 0 Å². The first-order valence-corrected chi connectivity index (χ1v) is 8.67. The van der Waals surface area contributed by atoms with E-state index >= 15 is 0 Å². The number of benzene rings is 1. The van der Waals surface area contributed by atoms with Gasteiger partial charge in [-0.3, -0.25) is 9.69 Å². The summed E-state index contributed by atoms with van der Waals surface area (Å²) in [5, 5.41) is 2.44. The molecule has 5 heteroatoms. The number of thiophene rings is 1. The van der Waals surface area contributed by atoms with Crippen molar-refractivity contribution in [1.29, 1.82) is 0 Å². The van der Waals surface area contributed by atoms with Crippen LogP contribution in [0.1, 0.15) is 21.7 Å². The van der Waals surface area contributed by atoms with Gasteiger partial charge >= 0.3 is 0 Å². The number of likely N-dealkylation sites (tertiary alicyclic amines) is 1. The second-order valence-corrected chi connectivity index (χ2v) is 7.06. The van der Waals surface area contributed by atoms with Crippen molar-refractivity contribution in [2.75, 3.05) is 20.1 Å². The van der Waals surface area contributed by atoms with Gasteiger partial charge in [-0.1, -0.05) is 41.9 Å². The molecule has 3 rings (SSSR count). The Morgan fingerprint density at radius 3 is 2.86 bits per heavy atom. The average Bonchev–Trinajstić information content (AvgIpc) is 3.16. The fourth-order valence-corrected chi connectivity index (χ4v) is 3.93. The van der Waals surface area contributed by atoms with E-state index < -0.39 is 0 Å². The van der Waals surface area contributed by atoms with Crippen LogP contribution in [0.15, 0.2) is 41.8 Å². The molecule has 1 amide bonds. The molecule has 0 radical (unpaired) electrons. The Bertz CT molecular complexity index is 643. The van der Waals surface area contributed by atoms with Crippen LogP contribution in [0.5, 0.6) is 0 Å². The number of amides is 1. The van der Waals surface area contributed by atoms with Gasteiger partial charge in [-0.25, -0.2) is 0 Å². The Hall–Kier alpha value is -1.36. The summed E-state index contributed by atoms with van der Waals surface area (Å²) < 4.78 is 0. The molecule has 1 saturated heterocycles. The fourth-order valence-electron chi connectivity index (χ4n) is 2.88. The Balaban J connectivity index is 1.59. The molecule has 22 heavy (non-hydrogen) atoms. The van der Waals surface area contributed by atoms with Crippen molar-refractivity contribution in [3.05, 3.63) is 57.2 Å². The predicted molar refractivity (Wildman–Crippen MR) is 91.5 cm³/mol. The van der Waals surface area contributed by atoms with E-state index in [1.807, 2.05) is 18.0 Å². The third kappa shape index (κ3) is 3.51. The zero-order valence-corrected chi connectivity index (χ0v) is 14.1. The van der Waals surface area contributed by atoms with Gasteiger partial charge < -0.3 is 4.90 Å². The highest BCUT2D eigenvalue weighted by Gasteiger charge is 2.29. The lowest BCUT2D eigenvalue weighted by atomic mass is 10.2. The van der Waals surface area contributed by atoms with Crippen molar-refractivity contribution < 1.29 is 4.79 Å². The summed E-state index contributed by atoms with van der Waals surface area (Å²) in [7, 11) is 1.90. The standard InChI is InChI=1S/C17H19ClN2OS/c1-19(17(21)16-9-14(18)12-22-16)15-7-8-20(11-15)10-13-5-3-2-4-6-13/h2-6,9,12,15H,7-8,10-11H2,1H3. The summed E-state index contributed by atoms with van der Waals surface area (Å²) in [6.07, 6.45) is 1.02. The number of hydrogen-bond acceptors (Lipinski definition) is 3. The SMILES string of the molecule is CN(C(=O)c1cc(Cl)cs1)C1CCN(Cc2ccccc2)C1. The molecular formula is C17H19ClN2OS. The Labute approximate surface area is 140 Å². The monoisotopic (exact) mass is 334 g/mol. The van der Waals surface area contributed by atoms with Crippen molar-refractivity contribution in [3.63, 3.8) is 0 Å². The summed E-state index contributed by atoms with van der Waals surface area (Å²) in [4.78, 5) is 17.5. The first-order valence-electron chi connectivity index (χ1n) is 7.41. The number of halogens is 1. The molecule has 1 fully saturated rings. The van der Waals surface area contributed by atoms with Gasteiger partial charge in [0.05, 0.1) is 9.90 Å². The molecule has 1 aromatic heterocycles. The van der Waals surface area contributed by atoms with Crippen LogP contribution in [-0.4, -0.2) is 41.9 Å². The molecule has 0 aliphatic carbocycles. The Morgan fingerprint density at radius 2 is 2.18 bits per heavy atom. The highest BCUT2D eigenvalue weighted by Crippen LogP contribution is 2.23. The summed E-state index contributed by atoms with van der Waals surface area (Å²) >= 11 is 7.33. The van der Waals surface area contributed by atoms with E-state index in [9.17, 15) is 4.79 Å². The normalized spacial score (nSPS) is 18.5. The fraction of sp³-hybridized carbons (Fsp3) is 0.353. The molecule has 116 valence electrons. The van der Waals surface area contributed by atoms with E-state index in [0.717, 1.165) is 26.1 Å². The Kier molecular flexibility index (Phi) is 4.81. The lowest BCUT2D eigenvalue weighted by molar-refractivity contribution is 0.0740. The molecule has 0 N–H and O–H groups in total. The Morgan fingerprint density at radius 1 is 1.41 bits per heavy atom. The lowest BCUT2D eigenvalue weighted by Gasteiger charge is -2.24. The highest BCUT2D eigenvalue weighted by molar-refractivity contribution is 7.12. The molecule has 1 aliphatic heterocycles. The van der Waals surface area contributed by atoms with E-state index in [2.05, 4.69) is 29.2 Å². The average molecular weight is 335 g/mol. The third-order valence-corrected chi connectivity index (χ3v) is 5.41. The van der Waals surface area contributed by atoms with Crippen LogP contribution in [-0.2, 0) is 6.54 Å². The number of nitrogens with zero attached hydrogens (tertiary/aromatic N) is 2. The number of rotatable bonds is 4. The number of hydrogen-bond donors (Lipinski definition) is 0. The van der Waals surface area contributed by atoms with Crippen LogP contribution in [0.4, 0.5) is 0 Å². The molecule has 1 unspecified atom stereocenters. The maximum Gasteiger partial charge on any atom is 0.264 e. The number of carbonyl (C=O) groups excluding carboxylic acids is 1. The summed E-state index contributed by atoms with van der Waals surface area (Å²) in [6.45, 7) is 2.91. The zero-order valence-electron chi connectivity index (χ0n) is 12.5. The van der Waals surface area contributed by atoms with E-state index in [0.29, 0.717) is 9.90 Å². The molecule has 2 aromatic rings. The molecule has 1 atom stereocenters. The summed E-state index contributed by atoms with van der Waals surface area (Å²) in [6, 6.07) is 12.5. The van der Waals surface area contributed by atoms with Crippen LogP contribution >= 0.6 is 22.9 Å². The van der Waals surface area contributed by atoms with Gasteiger partial charge in [-0.15, -0.1) is 11.3 Å². The maximum absolute atomic E-state index is 12.5. The zero-order chi connectivity index (χ0) is 15.5. The van der Waals surface area contributed by atoms with Crippen molar-refractivity contribution in [2.24, 2.45) is 0 Å². The van der Waals surface area contributed by atoms with Gasteiger partial charge in [0, 0.05) is 38.1 Å². The number of likely N-dealkylation sites (N-methyl/N-ethyl adjacent to an activating group) is 1. The summed E-state index contributed by atoms with van der Waals surface area (Å²) in [5.41, 5.74) is 1.32. The second kappa shape index (κ2) is 6.82. The van der Waals surface area contributed by atoms with Crippen LogP contribution < -0.4 is 0 Å². The maximum atomic E-state index is 12.5. The van der Waals surface area contributed by atoms with Crippen molar-refractivity contribution in [1.82, 2.24) is 9.80 Å². The van der Waals surface area contributed by atoms with Gasteiger partial charge in [0.25, 0.3) is 5.91 Å². The largest absolute Gasteiger partial charge is 0.337 e. The number of carbonyl (C=O) groups is 1. The molecular weight excluding hydrogens is 316 g/mol. The minimum atomic E-state index is 0.0726. The third-order valence-electron chi connectivity index (χ3n) is 4.14. The first kappa shape index (κ1) is 15.5. The van der Waals surface area contributed by atoms with E-state index in [4.69, 9.17) is 11.6 Å². The smallest absolute Gasteiger partial charge is 0.264 e. The highest BCUT2D eigenvalue weighted by atomic mass is 35.5. The van der Waals surface area contributed by atoms with Gasteiger partial charge in [-0.05, 0) is 18.1 Å². The van der Waals surface area contributed by atoms with Crippen LogP contribution in [0.2, 0.25) is 5.02 Å². The van der Waals surface area contributed by atoms with Crippen LogP contribution in [0.25, 0.3) is 0 Å². The molecule has 0 bridgehead atoms. The van der Waals surface area contributed by atoms with Crippen LogP contribution in [0.3, 0.4) is 0 Å². The molecule has 2 heterocycles. The van der Waals surface area contributed by atoms with E-state index in [-0.39, 0.29) is 11.9 Å². The second-order valence-electron chi connectivity index (χ2n) is 5.71. The minimum Gasteiger partial charge on any atom is -0.337 e. The van der Waals surface area contributed by atoms with Crippen molar-refractivity contribution in [2.45, 2.75) is 19.0 Å². The molecule has 0 saturated carbocycles. The topological polar surface area (TPSA) is 23.6 Å². The first-order chi connectivity index (χ1) is 10.6.